The molecule has 0 heterocycles. The lowest BCUT2D eigenvalue weighted by molar-refractivity contribution is -0.384. The first kappa shape index (κ1) is 14.9. The monoisotopic (exact) mass is 269 g/mol. The molecule has 0 aromatic heterocycles. The van der Waals surface area contributed by atoms with Crippen LogP contribution in [0.3, 0.4) is 0 Å². The fourth-order valence-corrected chi connectivity index (χ4v) is 1.49. The molecule has 0 saturated carbocycles. The third kappa shape index (κ3) is 4.55. The normalized spacial score (nSPS) is 11.7. The maximum absolute atomic E-state index is 11.2. The van der Waals surface area contributed by atoms with Gasteiger partial charge in [0, 0.05) is 25.2 Å². The second kappa shape index (κ2) is 7.32. The zero-order chi connectivity index (χ0) is 14.3. The fourth-order valence-electron chi connectivity index (χ4n) is 1.49. The Labute approximate surface area is 109 Å². The molecule has 104 valence electrons. The molecule has 1 aromatic carbocycles. The van der Waals surface area contributed by atoms with Gasteiger partial charge in [-0.3, -0.25) is 10.1 Å². The maximum Gasteiger partial charge on any atom is 0.508 e. The van der Waals surface area contributed by atoms with E-state index in [0.29, 0.717) is 5.56 Å². The van der Waals surface area contributed by atoms with E-state index in [9.17, 15) is 14.9 Å². The minimum Gasteiger partial charge on any atom is -0.435 e. The van der Waals surface area contributed by atoms with Crippen LogP contribution in [-0.2, 0) is 9.47 Å². The van der Waals surface area contributed by atoms with E-state index < -0.39 is 17.2 Å². The molecule has 0 aliphatic rings. The summed E-state index contributed by atoms with van der Waals surface area (Å²) in [5.74, 6) is 0. The number of carbonyl (C=O) groups is 1. The fraction of sp³-hybridized carbons (Fsp3) is 0.417. The van der Waals surface area contributed by atoms with Crippen molar-refractivity contribution in [1.82, 2.24) is 0 Å². The lowest BCUT2D eigenvalue weighted by Crippen LogP contribution is -2.14. The number of rotatable bonds is 6. The van der Waals surface area contributed by atoms with Crippen molar-refractivity contribution in [3.63, 3.8) is 0 Å². The van der Waals surface area contributed by atoms with Gasteiger partial charge >= 0.3 is 6.16 Å². The van der Waals surface area contributed by atoms with Crippen LogP contribution in [0.4, 0.5) is 10.5 Å². The Morgan fingerprint density at radius 3 is 2.53 bits per heavy atom. The van der Waals surface area contributed by atoms with Crippen molar-refractivity contribution >= 4 is 11.8 Å². The summed E-state index contributed by atoms with van der Waals surface area (Å²) in [6.45, 7) is 1.65. The van der Waals surface area contributed by atoms with E-state index in [1.54, 1.807) is 6.92 Å². The summed E-state index contributed by atoms with van der Waals surface area (Å²) in [5.41, 5.74) is 0.510. The minimum absolute atomic E-state index is 0.0531. The van der Waals surface area contributed by atoms with Crippen LogP contribution in [0.15, 0.2) is 24.3 Å². The van der Waals surface area contributed by atoms with Crippen molar-refractivity contribution in [3.8, 4) is 0 Å². The van der Waals surface area contributed by atoms with Gasteiger partial charge in [0.15, 0.2) is 0 Å². The van der Waals surface area contributed by atoms with Gasteiger partial charge in [0.2, 0.25) is 0 Å². The SMILES string of the molecule is CCOC(=O)OC(CCO)c1ccc([N+](=O)[O-])cc1. The molecular weight excluding hydrogens is 254 g/mol. The number of hydrogen-bond acceptors (Lipinski definition) is 6. The summed E-state index contributed by atoms with van der Waals surface area (Å²) in [5, 5.41) is 19.5. The molecule has 0 aliphatic heterocycles. The maximum atomic E-state index is 11.2. The van der Waals surface area contributed by atoms with Crippen LogP contribution < -0.4 is 0 Å². The highest BCUT2D eigenvalue weighted by atomic mass is 16.7. The second-order valence-corrected chi connectivity index (χ2v) is 3.65. The van der Waals surface area contributed by atoms with E-state index in [-0.39, 0.29) is 25.3 Å². The highest BCUT2D eigenvalue weighted by Crippen LogP contribution is 2.24. The average molecular weight is 269 g/mol. The molecular formula is C12H15NO6. The van der Waals surface area contributed by atoms with E-state index in [4.69, 9.17) is 9.84 Å². The molecule has 0 aliphatic carbocycles. The molecule has 7 nitrogen and oxygen atoms in total. The van der Waals surface area contributed by atoms with Crippen LogP contribution in [0.2, 0.25) is 0 Å². The number of ether oxygens (including phenoxy) is 2. The third-order valence-electron chi connectivity index (χ3n) is 2.37. The number of nitro groups is 1. The summed E-state index contributed by atoms with van der Waals surface area (Å²) in [4.78, 5) is 21.3. The molecule has 1 atom stereocenters. The number of non-ortho nitro benzene ring substituents is 1. The van der Waals surface area contributed by atoms with E-state index >= 15 is 0 Å². The summed E-state index contributed by atoms with van der Waals surface area (Å²) >= 11 is 0. The van der Waals surface area contributed by atoms with Crippen LogP contribution in [0.25, 0.3) is 0 Å². The summed E-state index contributed by atoms with van der Waals surface area (Å²) < 4.78 is 9.68. The molecule has 1 unspecified atom stereocenters. The lowest BCUT2D eigenvalue weighted by Gasteiger charge is -2.16. The molecule has 1 aromatic rings. The molecule has 19 heavy (non-hydrogen) atoms. The van der Waals surface area contributed by atoms with E-state index in [2.05, 4.69) is 4.74 Å². The molecule has 0 radical (unpaired) electrons. The van der Waals surface area contributed by atoms with Crippen molar-refractivity contribution in [2.45, 2.75) is 19.4 Å². The standard InChI is InChI=1S/C12H15NO6/c1-2-18-12(15)19-11(7-8-14)9-3-5-10(6-4-9)13(16)17/h3-6,11,14H,2,7-8H2,1H3. The van der Waals surface area contributed by atoms with Gasteiger partial charge in [0.1, 0.15) is 6.10 Å². The first-order chi connectivity index (χ1) is 9.08. The Bertz CT molecular complexity index is 430. The smallest absolute Gasteiger partial charge is 0.435 e. The molecule has 0 fully saturated rings. The van der Waals surface area contributed by atoms with Gasteiger partial charge in [0.25, 0.3) is 5.69 Å². The highest BCUT2D eigenvalue weighted by Gasteiger charge is 2.18. The number of aliphatic hydroxyl groups is 1. The quantitative estimate of drug-likeness (QED) is 0.482. The molecule has 7 heteroatoms. The van der Waals surface area contributed by atoms with E-state index in [1.165, 1.54) is 24.3 Å². The van der Waals surface area contributed by atoms with Crippen LogP contribution in [0, 0.1) is 10.1 Å². The van der Waals surface area contributed by atoms with Gasteiger partial charge in [-0.05, 0) is 24.6 Å². The van der Waals surface area contributed by atoms with Gasteiger partial charge in [-0.25, -0.2) is 4.79 Å². The van der Waals surface area contributed by atoms with Crippen molar-refractivity contribution < 1.29 is 24.3 Å². The molecule has 1 N–H and O–H groups in total. The molecule has 0 bridgehead atoms. The Morgan fingerprint density at radius 1 is 1.42 bits per heavy atom. The Morgan fingerprint density at radius 2 is 2.05 bits per heavy atom. The number of benzene rings is 1. The van der Waals surface area contributed by atoms with Crippen molar-refractivity contribution in [2.24, 2.45) is 0 Å². The molecule has 1 rings (SSSR count). The first-order valence-corrected chi connectivity index (χ1v) is 5.77. The van der Waals surface area contributed by atoms with Crippen molar-refractivity contribution in [1.29, 1.82) is 0 Å². The molecule has 0 saturated heterocycles. The van der Waals surface area contributed by atoms with Crippen LogP contribution in [-0.4, -0.2) is 29.4 Å². The van der Waals surface area contributed by atoms with Crippen LogP contribution in [0.5, 0.6) is 0 Å². The minimum atomic E-state index is -0.834. The van der Waals surface area contributed by atoms with E-state index in [1.807, 2.05) is 0 Å². The molecule has 0 amide bonds. The van der Waals surface area contributed by atoms with Crippen molar-refractivity contribution in [3.05, 3.63) is 39.9 Å². The Hall–Kier alpha value is -2.15. The Balaban J connectivity index is 2.80. The largest absolute Gasteiger partial charge is 0.508 e. The van der Waals surface area contributed by atoms with Crippen LogP contribution >= 0.6 is 0 Å². The highest BCUT2D eigenvalue weighted by molar-refractivity contribution is 5.60. The van der Waals surface area contributed by atoms with Crippen molar-refractivity contribution in [2.75, 3.05) is 13.2 Å². The first-order valence-electron chi connectivity index (χ1n) is 5.77. The predicted molar refractivity (Wildman–Crippen MR) is 65.6 cm³/mol. The van der Waals surface area contributed by atoms with Gasteiger partial charge in [0.05, 0.1) is 11.5 Å². The van der Waals surface area contributed by atoms with E-state index in [0.717, 1.165) is 0 Å². The predicted octanol–water partition coefficient (Wildman–Crippen LogP) is 2.19. The summed E-state index contributed by atoms with van der Waals surface area (Å²) in [6, 6.07) is 5.60. The summed E-state index contributed by atoms with van der Waals surface area (Å²) in [6.07, 6.45) is -1.33. The Kier molecular flexibility index (Phi) is 5.74. The number of hydrogen-bond donors (Lipinski definition) is 1. The number of aliphatic hydroxyl groups excluding tert-OH is 1. The summed E-state index contributed by atoms with van der Waals surface area (Å²) in [7, 11) is 0. The van der Waals surface area contributed by atoms with Crippen LogP contribution in [0.1, 0.15) is 25.0 Å². The average Bonchev–Trinajstić information content (AvgIpc) is 2.38. The van der Waals surface area contributed by atoms with Gasteiger partial charge in [-0.1, -0.05) is 0 Å². The topological polar surface area (TPSA) is 98.9 Å². The number of carbonyl (C=O) groups excluding carboxylic acids is 1. The molecule has 0 spiro atoms. The second-order valence-electron chi connectivity index (χ2n) is 3.65. The third-order valence-corrected chi connectivity index (χ3v) is 2.37. The lowest BCUT2D eigenvalue weighted by atomic mass is 10.1. The number of nitrogens with zero attached hydrogens (tertiary/aromatic N) is 1. The van der Waals surface area contributed by atoms with Gasteiger partial charge < -0.3 is 14.6 Å². The van der Waals surface area contributed by atoms with Gasteiger partial charge in [-0.15, -0.1) is 0 Å². The number of nitro benzene ring substituents is 1. The van der Waals surface area contributed by atoms with Gasteiger partial charge in [-0.2, -0.15) is 0 Å². The zero-order valence-corrected chi connectivity index (χ0v) is 10.4. The zero-order valence-electron chi connectivity index (χ0n) is 10.4.